The number of nitrogens with zero attached hydrogens (tertiary/aromatic N) is 1. The second-order valence-electron chi connectivity index (χ2n) is 3.93. The smallest absolute Gasteiger partial charge is 0.238 e. The summed E-state index contributed by atoms with van der Waals surface area (Å²) >= 11 is 0. The summed E-state index contributed by atoms with van der Waals surface area (Å²) in [4.78, 5) is 0. The molecule has 0 aliphatic heterocycles. The second-order valence-corrected chi connectivity index (χ2v) is 6.07. The normalized spacial score (nSPS) is 16.1. The van der Waals surface area contributed by atoms with E-state index in [0.717, 1.165) is 12.8 Å². The topological polar surface area (TPSA) is 57.6 Å². The van der Waals surface area contributed by atoms with Crippen molar-refractivity contribution in [2.45, 2.75) is 25.0 Å². The molecule has 2 rings (SSSR count). The molecule has 5 heteroatoms. The number of anilines is 1. The maximum atomic E-state index is 12.1. The molecular formula is C11H15NO3S. The molecule has 1 aliphatic carbocycles. The first-order valence-corrected chi connectivity index (χ1v) is 6.86. The first-order chi connectivity index (χ1) is 7.55. The molecule has 1 N–H and O–H groups in total. The van der Waals surface area contributed by atoms with E-state index in [2.05, 4.69) is 0 Å². The lowest BCUT2D eigenvalue weighted by Crippen LogP contribution is -2.33. The fraction of sp³-hybridized carbons (Fsp3) is 0.455. The molecule has 0 saturated heterocycles. The van der Waals surface area contributed by atoms with Gasteiger partial charge in [-0.05, 0) is 31.9 Å². The summed E-state index contributed by atoms with van der Waals surface area (Å²) < 4.78 is 25.5. The third-order valence-electron chi connectivity index (χ3n) is 2.66. The Balaban J connectivity index is 2.36. The van der Waals surface area contributed by atoms with Crippen molar-refractivity contribution >= 4 is 15.7 Å². The predicted octanol–water partition coefficient (Wildman–Crippen LogP) is 1.71. The lowest BCUT2D eigenvalue weighted by atomic mass is 10.3. The molecule has 0 spiro atoms. The molecule has 1 fully saturated rings. The van der Waals surface area contributed by atoms with Crippen LogP contribution in [0.4, 0.5) is 5.69 Å². The Labute approximate surface area is 95.6 Å². The minimum atomic E-state index is -3.23. The van der Waals surface area contributed by atoms with Gasteiger partial charge >= 0.3 is 0 Å². The van der Waals surface area contributed by atoms with Gasteiger partial charge < -0.3 is 5.11 Å². The molecule has 16 heavy (non-hydrogen) atoms. The fourth-order valence-corrected chi connectivity index (χ4v) is 3.56. The Bertz CT molecular complexity index is 480. The molecule has 0 atom stereocenters. The molecule has 88 valence electrons. The van der Waals surface area contributed by atoms with Gasteiger partial charge in [0, 0.05) is 12.6 Å². The summed E-state index contributed by atoms with van der Waals surface area (Å²) in [6, 6.07) is 6.35. The number of phenolic OH excluding ortho intramolecular Hbond substituents is 1. The molecule has 1 saturated carbocycles. The van der Waals surface area contributed by atoms with Gasteiger partial charge in [-0.3, -0.25) is 4.31 Å². The predicted molar refractivity (Wildman–Crippen MR) is 63.1 cm³/mol. The molecular weight excluding hydrogens is 226 g/mol. The molecule has 0 bridgehead atoms. The van der Waals surface area contributed by atoms with Crippen molar-refractivity contribution in [1.29, 1.82) is 0 Å². The van der Waals surface area contributed by atoms with Gasteiger partial charge in [-0.25, -0.2) is 8.42 Å². The van der Waals surface area contributed by atoms with Crippen molar-refractivity contribution in [2.75, 3.05) is 10.8 Å². The zero-order valence-electron chi connectivity index (χ0n) is 9.13. The summed E-state index contributed by atoms with van der Waals surface area (Å²) in [5, 5.41) is 9.13. The van der Waals surface area contributed by atoms with Crippen molar-refractivity contribution in [1.82, 2.24) is 0 Å². The number of phenols is 1. The largest absolute Gasteiger partial charge is 0.508 e. The molecule has 0 aromatic heterocycles. The van der Waals surface area contributed by atoms with Crippen molar-refractivity contribution < 1.29 is 13.5 Å². The number of benzene rings is 1. The third kappa shape index (κ3) is 2.00. The van der Waals surface area contributed by atoms with Crippen LogP contribution in [0.3, 0.4) is 0 Å². The van der Waals surface area contributed by atoms with E-state index in [9.17, 15) is 13.5 Å². The van der Waals surface area contributed by atoms with Gasteiger partial charge in [0.25, 0.3) is 0 Å². The molecule has 0 heterocycles. The minimum absolute atomic E-state index is 0.0851. The Morgan fingerprint density at radius 1 is 1.44 bits per heavy atom. The highest BCUT2D eigenvalue weighted by atomic mass is 32.2. The van der Waals surface area contributed by atoms with Crippen LogP contribution in [0, 0.1) is 0 Å². The highest BCUT2D eigenvalue weighted by molar-refractivity contribution is 7.93. The Morgan fingerprint density at radius 3 is 2.62 bits per heavy atom. The summed E-state index contributed by atoms with van der Waals surface area (Å²) in [6.45, 7) is 2.19. The number of hydrogen-bond acceptors (Lipinski definition) is 3. The van der Waals surface area contributed by atoms with E-state index in [1.165, 1.54) is 16.4 Å². The summed E-state index contributed by atoms with van der Waals surface area (Å²) in [5.41, 5.74) is 0.536. The Morgan fingerprint density at radius 2 is 2.12 bits per heavy atom. The van der Waals surface area contributed by atoms with Crippen LogP contribution in [0.2, 0.25) is 0 Å². The Hall–Kier alpha value is -1.23. The minimum Gasteiger partial charge on any atom is -0.508 e. The quantitative estimate of drug-likeness (QED) is 0.873. The summed E-state index contributed by atoms with van der Waals surface area (Å²) in [5.74, 6) is 0.0851. The van der Waals surface area contributed by atoms with E-state index < -0.39 is 10.0 Å². The van der Waals surface area contributed by atoms with Gasteiger partial charge in [0.2, 0.25) is 10.0 Å². The monoisotopic (exact) mass is 241 g/mol. The van der Waals surface area contributed by atoms with E-state index in [-0.39, 0.29) is 11.0 Å². The van der Waals surface area contributed by atoms with Gasteiger partial charge in [0.05, 0.1) is 10.9 Å². The van der Waals surface area contributed by atoms with E-state index in [1.807, 2.05) is 0 Å². The molecule has 1 aromatic rings. The summed E-state index contributed by atoms with van der Waals surface area (Å²) in [7, 11) is -3.23. The van der Waals surface area contributed by atoms with Gasteiger partial charge in [0.15, 0.2) is 0 Å². The lowest BCUT2D eigenvalue weighted by Gasteiger charge is -2.22. The lowest BCUT2D eigenvalue weighted by molar-refractivity contribution is 0.475. The second kappa shape index (κ2) is 3.97. The van der Waals surface area contributed by atoms with Crippen molar-refractivity contribution in [3.63, 3.8) is 0 Å². The van der Waals surface area contributed by atoms with Gasteiger partial charge in [0.1, 0.15) is 5.75 Å². The van der Waals surface area contributed by atoms with Gasteiger partial charge in [-0.1, -0.05) is 6.07 Å². The molecule has 1 aliphatic rings. The van der Waals surface area contributed by atoms with Crippen LogP contribution in [0.5, 0.6) is 5.75 Å². The van der Waals surface area contributed by atoms with E-state index in [1.54, 1.807) is 19.1 Å². The van der Waals surface area contributed by atoms with Crippen LogP contribution in [-0.2, 0) is 10.0 Å². The van der Waals surface area contributed by atoms with Crippen LogP contribution >= 0.6 is 0 Å². The Kier molecular flexibility index (Phi) is 2.80. The first kappa shape index (κ1) is 11.3. The van der Waals surface area contributed by atoms with E-state index >= 15 is 0 Å². The van der Waals surface area contributed by atoms with Crippen molar-refractivity contribution in [2.24, 2.45) is 0 Å². The average Bonchev–Trinajstić information content (AvgIpc) is 3.01. The van der Waals surface area contributed by atoms with Crippen LogP contribution in [0.15, 0.2) is 24.3 Å². The van der Waals surface area contributed by atoms with Gasteiger partial charge in [-0.2, -0.15) is 0 Å². The summed E-state index contributed by atoms with van der Waals surface area (Å²) in [6.07, 6.45) is 1.50. The number of sulfonamides is 1. The molecule has 4 nitrogen and oxygen atoms in total. The molecule has 0 amide bonds. The van der Waals surface area contributed by atoms with Crippen LogP contribution in [-0.4, -0.2) is 25.3 Å². The SMILES string of the molecule is CCN(c1cccc(O)c1)S(=O)(=O)C1CC1. The van der Waals surface area contributed by atoms with Crippen LogP contribution in [0.1, 0.15) is 19.8 Å². The maximum Gasteiger partial charge on any atom is 0.238 e. The van der Waals surface area contributed by atoms with Crippen molar-refractivity contribution in [3.05, 3.63) is 24.3 Å². The van der Waals surface area contributed by atoms with Gasteiger partial charge in [-0.15, -0.1) is 0 Å². The molecule has 1 aromatic carbocycles. The van der Waals surface area contributed by atoms with Crippen LogP contribution < -0.4 is 4.31 Å². The fourth-order valence-electron chi connectivity index (χ4n) is 1.70. The van der Waals surface area contributed by atoms with E-state index in [4.69, 9.17) is 0 Å². The van der Waals surface area contributed by atoms with Crippen molar-refractivity contribution in [3.8, 4) is 5.75 Å². The highest BCUT2D eigenvalue weighted by Crippen LogP contribution is 2.34. The van der Waals surface area contributed by atoms with Crippen LogP contribution in [0.25, 0.3) is 0 Å². The van der Waals surface area contributed by atoms with E-state index in [0.29, 0.717) is 12.2 Å². The number of hydrogen-bond donors (Lipinski definition) is 1. The zero-order chi connectivity index (χ0) is 11.8. The average molecular weight is 241 g/mol. The first-order valence-electron chi connectivity index (χ1n) is 5.36. The third-order valence-corrected chi connectivity index (χ3v) is 5.05. The number of rotatable bonds is 4. The maximum absolute atomic E-state index is 12.1. The molecule has 0 radical (unpaired) electrons. The molecule has 0 unspecified atom stereocenters. The number of aromatic hydroxyl groups is 1. The highest BCUT2D eigenvalue weighted by Gasteiger charge is 2.39. The zero-order valence-corrected chi connectivity index (χ0v) is 9.94. The standard InChI is InChI=1S/C11H15NO3S/c1-2-12(16(14,15)11-6-7-11)9-4-3-5-10(13)8-9/h3-5,8,11,13H,2,6-7H2,1H3.